The van der Waals surface area contributed by atoms with Crippen LogP contribution in [0.2, 0.25) is 0 Å². The van der Waals surface area contributed by atoms with E-state index in [9.17, 15) is 5.11 Å². The van der Waals surface area contributed by atoms with E-state index in [2.05, 4.69) is 10.1 Å². The van der Waals surface area contributed by atoms with Crippen molar-refractivity contribution in [3.63, 3.8) is 0 Å². The fourth-order valence-corrected chi connectivity index (χ4v) is 2.66. The zero-order valence-corrected chi connectivity index (χ0v) is 9.30. The fraction of sp³-hybridized carbons (Fsp3) is 0.818. The molecule has 1 aromatic rings. The van der Waals surface area contributed by atoms with Gasteiger partial charge in [-0.1, -0.05) is 5.16 Å². The molecule has 2 fully saturated rings. The fourth-order valence-electron chi connectivity index (χ4n) is 2.66. The van der Waals surface area contributed by atoms with E-state index < -0.39 is 6.10 Å². The van der Waals surface area contributed by atoms with Gasteiger partial charge in [0.2, 0.25) is 5.89 Å². The number of nitrogens with zero attached hydrogens (tertiary/aromatic N) is 2. The predicted octanol–water partition coefficient (Wildman–Crippen LogP) is 1.03. The van der Waals surface area contributed by atoms with Crippen molar-refractivity contribution in [1.29, 1.82) is 0 Å². The van der Waals surface area contributed by atoms with E-state index in [1.54, 1.807) is 6.92 Å². The van der Waals surface area contributed by atoms with E-state index in [0.717, 1.165) is 18.7 Å². The number of fused-ring (bicyclic) bond motifs is 2. The van der Waals surface area contributed by atoms with Crippen LogP contribution < -0.4 is 0 Å². The SMILES string of the molecule is CC(O)Cc1nc(C2CC3CCC2O3)no1. The number of aliphatic hydroxyl groups is 1. The second-order valence-corrected chi connectivity index (χ2v) is 4.82. The number of hydrogen-bond acceptors (Lipinski definition) is 5. The molecule has 3 rings (SSSR count). The van der Waals surface area contributed by atoms with Gasteiger partial charge in [-0.3, -0.25) is 0 Å². The third-order valence-electron chi connectivity index (χ3n) is 3.39. The van der Waals surface area contributed by atoms with Crippen LogP contribution in [0.1, 0.15) is 43.8 Å². The maximum Gasteiger partial charge on any atom is 0.229 e. The summed E-state index contributed by atoms with van der Waals surface area (Å²) < 4.78 is 10.9. The summed E-state index contributed by atoms with van der Waals surface area (Å²) in [5.74, 6) is 1.57. The normalized spacial score (nSPS) is 34.5. The molecule has 16 heavy (non-hydrogen) atoms. The van der Waals surface area contributed by atoms with E-state index in [0.29, 0.717) is 24.3 Å². The van der Waals surface area contributed by atoms with E-state index >= 15 is 0 Å². The van der Waals surface area contributed by atoms with Gasteiger partial charge in [-0.05, 0) is 26.2 Å². The van der Waals surface area contributed by atoms with E-state index in [1.807, 2.05) is 0 Å². The first-order valence-corrected chi connectivity index (χ1v) is 5.88. The van der Waals surface area contributed by atoms with Gasteiger partial charge in [0.1, 0.15) is 0 Å². The lowest BCUT2D eigenvalue weighted by Crippen LogP contribution is -2.15. The Hall–Kier alpha value is -0.940. The second kappa shape index (κ2) is 3.82. The smallest absolute Gasteiger partial charge is 0.229 e. The molecule has 0 radical (unpaired) electrons. The number of aromatic nitrogens is 2. The number of ether oxygens (including phenoxy) is 1. The molecular weight excluding hydrogens is 208 g/mol. The number of hydrogen-bond donors (Lipinski definition) is 1. The molecule has 4 unspecified atom stereocenters. The van der Waals surface area contributed by atoms with Gasteiger partial charge in [0.25, 0.3) is 0 Å². The molecule has 0 spiro atoms. The van der Waals surface area contributed by atoms with Crippen molar-refractivity contribution in [2.75, 3.05) is 0 Å². The first-order chi connectivity index (χ1) is 7.72. The molecule has 0 amide bonds. The predicted molar refractivity (Wildman–Crippen MR) is 54.9 cm³/mol. The maximum atomic E-state index is 9.23. The van der Waals surface area contributed by atoms with Gasteiger partial charge in [0.05, 0.1) is 30.7 Å². The summed E-state index contributed by atoms with van der Waals surface area (Å²) in [5.41, 5.74) is 0. The van der Waals surface area contributed by atoms with Crippen molar-refractivity contribution in [3.05, 3.63) is 11.7 Å². The lowest BCUT2D eigenvalue weighted by molar-refractivity contribution is 0.0996. The summed E-state index contributed by atoms with van der Waals surface area (Å²) >= 11 is 0. The Labute approximate surface area is 93.8 Å². The standard InChI is InChI=1S/C11H16N2O3/c1-6(14)4-10-12-11(13-16-10)8-5-7-2-3-9(8)15-7/h6-9,14H,2-5H2,1H3. The first kappa shape index (κ1) is 10.2. The van der Waals surface area contributed by atoms with Crippen LogP contribution in [0.25, 0.3) is 0 Å². The molecule has 0 aromatic carbocycles. The molecule has 88 valence electrons. The summed E-state index contributed by atoms with van der Waals surface area (Å²) in [5, 5.41) is 13.2. The number of aliphatic hydroxyl groups excluding tert-OH is 1. The van der Waals surface area contributed by atoms with Gasteiger partial charge >= 0.3 is 0 Å². The maximum absolute atomic E-state index is 9.23. The van der Waals surface area contributed by atoms with Crippen LogP contribution in [0.5, 0.6) is 0 Å². The topological polar surface area (TPSA) is 68.4 Å². The Kier molecular flexibility index (Phi) is 2.44. The molecule has 3 heterocycles. The molecule has 0 saturated carbocycles. The van der Waals surface area contributed by atoms with E-state index in [1.165, 1.54) is 6.42 Å². The van der Waals surface area contributed by atoms with Crippen LogP contribution in [-0.2, 0) is 11.2 Å². The molecule has 1 N–H and O–H groups in total. The van der Waals surface area contributed by atoms with Crippen LogP contribution >= 0.6 is 0 Å². The Balaban J connectivity index is 1.73. The van der Waals surface area contributed by atoms with Crippen molar-refractivity contribution in [3.8, 4) is 0 Å². The van der Waals surface area contributed by atoms with Crippen LogP contribution in [-0.4, -0.2) is 33.6 Å². The lowest BCUT2D eigenvalue weighted by Gasteiger charge is -2.13. The van der Waals surface area contributed by atoms with Gasteiger partial charge in [-0.15, -0.1) is 0 Å². The minimum absolute atomic E-state index is 0.280. The number of rotatable bonds is 3. The largest absolute Gasteiger partial charge is 0.393 e. The monoisotopic (exact) mass is 224 g/mol. The Morgan fingerprint density at radius 2 is 2.38 bits per heavy atom. The van der Waals surface area contributed by atoms with Crippen molar-refractivity contribution in [2.24, 2.45) is 0 Å². The van der Waals surface area contributed by atoms with Crippen molar-refractivity contribution >= 4 is 0 Å². The summed E-state index contributed by atoms with van der Waals surface area (Å²) in [7, 11) is 0. The molecular formula is C11H16N2O3. The zero-order chi connectivity index (χ0) is 11.1. The van der Waals surface area contributed by atoms with Crippen molar-refractivity contribution in [1.82, 2.24) is 10.1 Å². The molecule has 5 nitrogen and oxygen atoms in total. The average molecular weight is 224 g/mol. The molecule has 1 aromatic heterocycles. The quantitative estimate of drug-likeness (QED) is 0.830. The van der Waals surface area contributed by atoms with E-state index in [4.69, 9.17) is 9.26 Å². The minimum atomic E-state index is -0.440. The molecule has 2 bridgehead atoms. The van der Waals surface area contributed by atoms with Crippen LogP contribution in [0.4, 0.5) is 0 Å². The molecule has 2 aliphatic rings. The molecule has 2 saturated heterocycles. The molecule has 5 heteroatoms. The Morgan fingerprint density at radius 1 is 1.50 bits per heavy atom. The Morgan fingerprint density at radius 3 is 3.00 bits per heavy atom. The molecule has 2 aliphatic heterocycles. The average Bonchev–Trinajstić information content (AvgIpc) is 2.89. The summed E-state index contributed by atoms with van der Waals surface area (Å²) in [6.45, 7) is 1.71. The highest BCUT2D eigenvalue weighted by atomic mass is 16.5. The molecule has 4 atom stereocenters. The second-order valence-electron chi connectivity index (χ2n) is 4.82. The van der Waals surface area contributed by atoms with Gasteiger partial charge < -0.3 is 14.4 Å². The summed E-state index contributed by atoms with van der Waals surface area (Å²) in [4.78, 5) is 4.33. The molecule has 0 aliphatic carbocycles. The van der Waals surface area contributed by atoms with E-state index in [-0.39, 0.29) is 6.10 Å². The third-order valence-corrected chi connectivity index (χ3v) is 3.39. The van der Waals surface area contributed by atoms with Crippen LogP contribution in [0.3, 0.4) is 0 Å². The van der Waals surface area contributed by atoms with Crippen LogP contribution in [0.15, 0.2) is 4.52 Å². The van der Waals surface area contributed by atoms with Gasteiger partial charge in [0.15, 0.2) is 5.82 Å². The van der Waals surface area contributed by atoms with Gasteiger partial charge in [0, 0.05) is 0 Å². The highest BCUT2D eigenvalue weighted by Gasteiger charge is 2.43. The third kappa shape index (κ3) is 1.74. The lowest BCUT2D eigenvalue weighted by atomic mass is 9.89. The van der Waals surface area contributed by atoms with Gasteiger partial charge in [-0.2, -0.15) is 4.98 Å². The Bertz CT molecular complexity index is 377. The highest BCUT2D eigenvalue weighted by molar-refractivity contribution is 5.06. The highest BCUT2D eigenvalue weighted by Crippen LogP contribution is 2.43. The van der Waals surface area contributed by atoms with Gasteiger partial charge in [-0.25, -0.2) is 0 Å². The first-order valence-electron chi connectivity index (χ1n) is 5.88. The minimum Gasteiger partial charge on any atom is -0.393 e. The van der Waals surface area contributed by atoms with Crippen molar-refractivity contribution < 1.29 is 14.4 Å². The summed E-state index contributed by atoms with van der Waals surface area (Å²) in [6, 6.07) is 0. The summed E-state index contributed by atoms with van der Waals surface area (Å²) in [6.07, 6.45) is 3.95. The van der Waals surface area contributed by atoms with Crippen LogP contribution in [0, 0.1) is 0 Å². The van der Waals surface area contributed by atoms with Crippen molar-refractivity contribution in [2.45, 2.75) is 56.8 Å². The zero-order valence-electron chi connectivity index (χ0n) is 9.30.